The van der Waals surface area contributed by atoms with Crippen molar-refractivity contribution in [2.45, 2.75) is 20.5 Å². The Morgan fingerprint density at radius 3 is 2.24 bits per heavy atom. The van der Waals surface area contributed by atoms with Gasteiger partial charge in [-0.3, -0.25) is 10.1 Å². The van der Waals surface area contributed by atoms with E-state index in [1.807, 2.05) is 13.8 Å². The molecule has 0 spiro atoms. The quantitative estimate of drug-likeness (QED) is 0.633. The minimum absolute atomic E-state index is 0.0597. The smallest absolute Gasteiger partial charge is 0.269 e. The molecule has 106 valence electrons. The highest BCUT2D eigenvalue weighted by Crippen LogP contribution is 2.25. The van der Waals surface area contributed by atoms with Crippen molar-refractivity contribution >= 4 is 5.69 Å². The van der Waals surface area contributed by atoms with E-state index in [4.69, 9.17) is 10.00 Å². The van der Waals surface area contributed by atoms with E-state index in [1.54, 1.807) is 24.3 Å². The number of nitrogens with zero attached hydrogens (tertiary/aromatic N) is 2. The van der Waals surface area contributed by atoms with Crippen molar-refractivity contribution in [3.63, 3.8) is 0 Å². The molecule has 0 aliphatic carbocycles. The summed E-state index contributed by atoms with van der Waals surface area (Å²) in [5, 5.41) is 19.5. The van der Waals surface area contributed by atoms with E-state index in [-0.39, 0.29) is 5.69 Å². The van der Waals surface area contributed by atoms with E-state index in [0.717, 1.165) is 22.4 Å². The largest absolute Gasteiger partial charge is 0.488 e. The van der Waals surface area contributed by atoms with Crippen LogP contribution in [-0.2, 0) is 6.61 Å². The van der Waals surface area contributed by atoms with Gasteiger partial charge in [-0.25, -0.2) is 0 Å². The fourth-order valence-corrected chi connectivity index (χ4v) is 2.11. The van der Waals surface area contributed by atoms with Gasteiger partial charge in [0.2, 0.25) is 0 Å². The van der Waals surface area contributed by atoms with Crippen LogP contribution in [0.1, 0.15) is 22.3 Å². The first kappa shape index (κ1) is 14.5. The normalized spacial score (nSPS) is 9.95. The molecule has 0 radical (unpaired) electrons. The number of nitro benzene ring substituents is 1. The molecule has 5 heteroatoms. The second kappa shape index (κ2) is 6.06. The zero-order valence-electron chi connectivity index (χ0n) is 11.8. The van der Waals surface area contributed by atoms with Gasteiger partial charge in [-0.1, -0.05) is 0 Å². The summed E-state index contributed by atoms with van der Waals surface area (Å²) < 4.78 is 5.77. The topological polar surface area (TPSA) is 76.2 Å². The van der Waals surface area contributed by atoms with Gasteiger partial charge in [0.15, 0.2) is 0 Å². The van der Waals surface area contributed by atoms with E-state index in [1.165, 1.54) is 12.1 Å². The molecule has 2 rings (SSSR count). The van der Waals surface area contributed by atoms with E-state index >= 15 is 0 Å². The molecule has 21 heavy (non-hydrogen) atoms. The lowest BCUT2D eigenvalue weighted by molar-refractivity contribution is -0.384. The van der Waals surface area contributed by atoms with Crippen LogP contribution in [0, 0.1) is 35.3 Å². The number of hydrogen-bond acceptors (Lipinski definition) is 4. The monoisotopic (exact) mass is 282 g/mol. The van der Waals surface area contributed by atoms with Crippen molar-refractivity contribution in [1.82, 2.24) is 0 Å². The van der Waals surface area contributed by atoms with Gasteiger partial charge >= 0.3 is 0 Å². The summed E-state index contributed by atoms with van der Waals surface area (Å²) in [6.07, 6.45) is 0. The van der Waals surface area contributed by atoms with Crippen molar-refractivity contribution in [3.05, 3.63) is 68.8 Å². The molecule has 0 aromatic heterocycles. The first-order chi connectivity index (χ1) is 10.0. The van der Waals surface area contributed by atoms with Crippen LogP contribution in [0.5, 0.6) is 5.75 Å². The van der Waals surface area contributed by atoms with Gasteiger partial charge in [-0.05, 0) is 54.8 Å². The lowest BCUT2D eigenvalue weighted by atomic mass is 10.1. The predicted molar refractivity (Wildman–Crippen MR) is 78.1 cm³/mol. The number of hydrogen-bond donors (Lipinski definition) is 0. The molecule has 5 nitrogen and oxygen atoms in total. The molecular formula is C16H14N2O3. The highest BCUT2D eigenvalue weighted by Gasteiger charge is 2.08. The molecule has 0 fully saturated rings. The molecule has 2 aromatic rings. The average Bonchev–Trinajstić information content (AvgIpc) is 2.46. The first-order valence-electron chi connectivity index (χ1n) is 6.38. The molecule has 0 aliphatic rings. The van der Waals surface area contributed by atoms with Crippen LogP contribution < -0.4 is 4.74 Å². The third-order valence-electron chi connectivity index (χ3n) is 3.12. The fraction of sp³-hybridized carbons (Fsp3) is 0.188. The second-order valence-corrected chi connectivity index (χ2v) is 4.76. The van der Waals surface area contributed by atoms with Crippen LogP contribution in [0.3, 0.4) is 0 Å². The summed E-state index contributed by atoms with van der Waals surface area (Å²) >= 11 is 0. The van der Waals surface area contributed by atoms with Crippen molar-refractivity contribution in [3.8, 4) is 11.8 Å². The maximum Gasteiger partial charge on any atom is 0.269 e. The highest BCUT2D eigenvalue weighted by atomic mass is 16.6. The third-order valence-corrected chi connectivity index (χ3v) is 3.12. The molecule has 0 heterocycles. The van der Waals surface area contributed by atoms with Crippen LogP contribution in [0.4, 0.5) is 5.69 Å². The molecule has 0 saturated heterocycles. The number of nitriles is 1. The Morgan fingerprint density at radius 2 is 1.76 bits per heavy atom. The van der Waals surface area contributed by atoms with Crippen LogP contribution in [0.25, 0.3) is 0 Å². The van der Waals surface area contributed by atoms with Crippen molar-refractivity contribution in [1.29, 1.82) is 5.26 Å². The number of ether oxygens (including phenoxy) is 1. The zero-order chi connectivity index (χ0) is 15.4. The lowest BCUT2D eigenvalue weighted by Crippen LogP contribution is -2.00. The van der Waals surface area contributed by atoms with Gasteiger partial charge in [0.25, 0.3) is 5.69 Å². The Bertz CT molecular complexity index is 692. The van der Waals surface area contributed by atoms with Crippen molar-refractivity contribution in [2.24, 2.45) is 0 Å². The van der Waals surface area contributed by atoms with E-state index in [9.17, 15) is 10.1 Å². The molecule has 0 atom stereocenters. The standard InChI is InChI=1S/C16H14N2O3/c1-11-7-14(9-17)8-12(2)16(11)21-10-13-3-5-15(6-4-13)18(19)20/h3-8H,10H2,1-2H3. The molecular weight excluding hydrogens is 268 g/mol. The van der Waals surface area contributed by atoms with Crippen LogP contribution in [0.15, 0.2) is 36.4 Å². The summed E-state index contributed by atoms with van der Waals surface area (Å²) in [6.45, 7) is 4.10. The van der Waals surface area contributed by atoms with E-state index in [0.29, 0.717) is 12.2 Å². The molecule has 0 N–H and O–H groups in total. The first-order valence-corrected chi connectivity index (χ1v) is 6.38. The predicted octanol–water partition coefficient (Wildman–Crippen LogP) is 3.66. The molecule has 0 bridgehead atoms. The molecule has 2 aromatic carbocycles. The third kappa shape index (κ3) is 3.37. The highest BCUT2D eigenvalue weighted by molar-refractivity contribution is 5.47. The van der Waals surface area contributed by atoms with E-state index in [2.05, 4.69) is 6.07 Å². The zero-order valence-corrected chi connectivity index (χ0v) is 11.8. The van der Waals surface area contributed by atoms with Crippen LogP contribution >= 0.6 is 0 Å². The fourth-order valence-electron chi connectivity index (χ4n) is 2.11. The number of nitro groups is 1. The van der Waals surface area contributed by atoms with Gasteiger partial charge in [0.1, 0.15) is 12.4 Å². The lowest BCUT2D eigenvalue weighted by Gasteiger charge is -2.12. The minimum atomic E-state index is -0.431. The second-order valence-electron chi connectivity index (χ2n) is 4.76. The van der Waals surface area contributed by atoms with Gasteiger partial charge in [-0.2, -0.15) is 5.26 Å². The van der Waals surface area contributed by atoms with Crippen molar-refractivity contribution < 1.29 is 9.66 Å². The Labute approximate surface area is 122 Å². The maximum absolute atomic E-state index is 10.6. The van der Waals surface area contributed by atoms with Gasteiger partial charge in [0, 0.05) is 12.1 Å². The number of non-ortho nitro benzene ring substituents is 1. The Morgan fingerprint density at radius 1 is 1.19 bits per heavy atom. The number of benzene rings is 2. The molecule has 0 saturated carbocycles. The summed E-state index contributed by atoms with van der Waals surface area (Å²) in [7, 11) is 0. The summed E-state index contributed by atoms with van der Waals surface area (Å²) in [6, 6.07) is 11.9. The summed E-state index contributed by atoms with van der Waals surface area (Å²) in [5.74, 6) is 0.743. The summed E-state index contributed by atoms with van der Waals surface area (Å²) in [5.41, 5.74) is 3.31. The number of rotatable bonds is 4. The Kier molecular flexibility index (Phi) is 4.19. The summed E-state index contributed by atoms with van der Waals surface area (Å²) in [4.78, 5) is 10.2. The Hall–Kier alpha value is -2.87. The van der Waals surface area contributed by atoms with Gasteiger partial charge in [-0.15, -0.1) is 0 Å². The molecule has 0 aliphatic heterocycles. The molecule has 0 amide bonds. The SMILES string of the molecule is Cc1cc(C#N)cc(C)c1OCc1ccc([N+](=O)[O-])cc1. The van der Waals surface area contributed by atoms with E-state index < -0.39 is 4.92 Å². The molecule has 0 unspecified atom stereocenters. The maximum atomic E-state index is 10.6. The minimum Gasteiger partial charge on any atom is -0.488 e. The van der Waals surface area contributed by atoms with Gasteiger partial charge < -0.3 is 4.74 Å². The van der Waals surface area contributed by atoms with Crippen molar-refractivity contribution in [2.75, 3.05) is 0 Å². The average molecular weight is 282 g/mol. The van der Waals surface area contributed by atoms with Crippen LogP contribution in [0.2, 0.25) is 0 Å². The number of aryl methyl sites for hydroxylation is 2. The van der Waals surface area contributed by atoms with Gasteiger partial charge in [0.05, 0.1) is 16.6 Å². The Balaban J connectivity index is 2.13. The van der Waals surface area contributed by atoms with Crippen LogP contribution in [-0.4, -0.2) is 4.92 Å².